The fraction of sp³-hybridized carbons (Fsp3) is 0.348. The third kappa shape index (κ3) is 6.01. The van der Waals surface area contributed by atoms with Crippen LogP contribution in [0, 0.1) is 0 Å². The van der Waals surface area contributed by atoms with Crippen LogP contribution in [-0.4, -0.2) is 51.6 Å². The van der Waals surface area contributed by atoms with E-state index in [4.69, 9.17) is 14.2 Å². The highest BCUT2D eigenvalue weighted by molar-refractivity contribution is 7.91. The molecule has 0 saturated heterocycles. The lowest BCUT2D eigenvalue weighted by atomic mass is 10.0. The molecule has 1 aromatic heterocycles. The molecule has 35 heavy (non-hydrogen) atoms. The van der Waals surface area contributed by atoms with Crippen LogP contribution in [0.15, 0.2) is 41.2 Å². The summed E-state index contributed by atoms with van der Waals surface area (Å²) < 4.78 is 43.6. The number of H-pyrrole nitrogens is 1. The van der Waals surface area contributed by atoms with E-state index in [-0.39, 0.29) is 5.56 Å². The number of aromatic nitrogens is 2. The van der Waals surface area contributed by atoms with E-state index in [1.807, 2.05) is 4.72 Å². The Hall–Kier alpha value is -3.80. The molecule has 0 radical (unpaired) electrons. The molecule has 0 unspecified atom stereocenters. The molecule has 2 aromatic carbocycles. The third-order valence-corrected chi connectivity index (χ3v) is 6.37. The standard InChI is InChI=1S/C23H28N4O7S/c1-23(2,3)34-22(29)26-35(30,31)27(4)15-9-7-14(8-10-15)11-18-16-12-19(32-5)20(33-6)13-17(16)21(28)25-24-18/h7-10,12-13H,11H2,1-6H3,(H,25,28)(H,26,29). The van der Waals surface area contributed by atoms with E-state index in [0.29, 0.717) is 40.1 Å². The van der Waals surface area contributed by atoms with Crippen molar-refractivity contribution in [2.75, 3.05) is 25.6 Å². The number of aromatic amines is 1. The number of fused-ring (bicyclic) bond motifs is 1. The minimum Gasteiger partial charge on any atom is -0.493 e. The quantitative estimate of drug-likeness (QED) is 0.501. The normalized spacial score (nSPS) is 11.7. The van der Waals surface area contributed by atoms with E-state index in [1.165, 1.54) is 21.3 Å². The Morgan fingerprint density at radius 1 is 1.06 bits per heavy atom. The van der Waals surface area contributed by atoms with Crippen molar-refractivity contribution in [2.24, 2.45) is 0 Å². The molecule has 0 aliphatic carbocycles. The number of hydrogen-bond donors (Lipinski definition) is 2. The Kier molecular flexibility index (Phi) is 7.25. The molecule has 1 amide bonds. The predicted molar refractivity (Wildman–Crippen MR) is 131 cm³/mol. The van der Waals surface area contributed by atoms with Crippen LogP contribution < -0.4 is 24.1 Å². The maximum atomic E-state index is 12.5. The molecule has 0 atom stereocenters. The zero-order valence-corrected chi connectivity index (χ0v) is 21.1. The summed E-state index contributed by atoms with van der Waals surface area (Å²) in [7, 11) is 0.137. The molecule has 1 heterocycles. The number of benzene rings is 2. The molecule has 12 heteroatoms. The van der Waals surface area contributed by atoms with E-state index >= 15 is 0 Å². The lowest BCUT2D eigenvalue weighted by Crippen LogP contribution is -2.43. The molecular formula is C23H28N4O7S. The highest BCUT2D eigenvalue weighted by Crippen LogP contribution is 2.32. The van der Waals surface area contributed by atoms with Crippen LogP contribution in [0.3, 0.4) is 0 Å². The Bertz CT molecular complexity index is 1390. The summed E-state index contributed by atoms with van der Waals surface area (Å²) in [6.45, 7) is 4.90. The average molecular weight is 505 g/mol. The molecule has 0 bridgehead atoms. The van der Waals surface area contributed by atoms with Gasteiger partial charge in [0.25, 0.3) is 5.56 Å². The molecule has 3 aromatic rings. The maximum absolute atomic E-state index is 12.5. The molecule has 188 valence electrons. The number of hydrogen-bond acceptors (Lipinski definition) is 8. The Morgan fingerprint density at radius 2 is 1.63 bits per heavy atom. The number of rotatable bonds is 7. The van der Waals surface area contributed by atoms with Crippen molar-refractivity contribution < 1.29 is 27.4 Å². The van der Waals surface area contributed by atoms with Gasteiger partial charge in [-0.05, 0) is 50.6 Å². The molecule has 0 aliphatic rings. The van der Waals surface area contributed by atoms with Gasteiger partial charge in [0.05, 0.1) is 31.0 Å². The zero-order valence-electron chi connectivity index (χ0n) is 20.3. The van der Waals surface area contributed by atoms with Gasteiger partial charge in [-0.25, -0.2) is 14.6 Å². The summed E-state index contributed by atoms with van der Waals surface area (Å²) in [4.78, 5) is 24.2. The molecule has 0 spiro atoms. The van der Waals surface area contributed by atoms with Crippen molar-refractivity contribution >= 4 is 32.8 Å². The number of carbonyl (C=O) groups excluding carboxylic acids is 1. The van der Waals surface area contributed by atoms with Gasteiger partial charge < -0.3 is 14.2 Å². The second kappa shape index (κ2) is 9.82. The van der Waals surface area contributed by atoms with Crippen LogP contribution in [0.2, 0.25) is 0 Å². The van der Waals surface area contributed by atoms with E-state index in [1.54, 1.807) is 57.2 Å². The molecule has 3 rings (SSSR count). The summed E-state index contributed by atoms with van der Waals surface area (Å²) in [5, 5.41) is 7.70. The molecular weight excluding hydrogens is 476 g/mol. The van der Waals surface area contributed by atoms with Gasteiger partial charge >= 0.3 is 16.3 Å². The third-order valence-electron chi connectivity index (χ3n) is 5.01. The minimum absolute atomic E-state index is 0.329. The van der Waals surface area contributed by atoms with Crippen LogP contribution in [0.25, 0.3) is 10.8 Å². The first kappa shape index (κ1) is 25.8. The topological polar surface area (TPSA) is 140 Å². The van der Waals surface area contributed by atoms with Gasteiger partial charge in [0.15, 0.2) is 11.5 Å². The van der Waals surface area contributed by atoms with E-state index in [0.717, 1.165) is 9.87 Å². The van der Waals surface area contributed by atoms with Crippen LogP contribution in [0.4, 0.5) is 10.5 Å². The van der Waals surface area contributed by atoms with Gasteiger partial charge in [-0.2, -0.15) is 13.5 Å². The van der Waals surface area contributed by atoms with Crippen LogP contribution >= 0.6 is 0 Å². The highest BCUT2D eigenvalue weighted by atomic mass is 32.2. The second-order valence-corrected chi connectivity index (χ2v) is 10.4. The summed E-state index contributed by atoms with van der Waals surface area (Å²) in [5.41, 5.74) is 0.547. The SMILES string of the molecule is COc1cc2c(Cc3ccc(N(C)S(=O)(=O)NC(=O)OC(C)(C)C)cc3)n[nH]c(=O)c2cc1OC. The lowest BCUT2D eigenvalue weighted by molar-refractivity contribution is 0.0570. The summed E-state index contributed by atoms with van der Waals surface area (Å²) >= 11 is 0. The first-order valence-corrected chi connectivity index (χ1v) is 12.0. The smallest absolute Gasteiger partial charge is 0.422 e. The van der Waals surface area contributed by atoms with E-state index < -0.39 is 21.9 Å². The van der Waals surface area contributed by atoms with Crippen LogP contribution in [0.5, 0.6) is 11.5 Å². The molecule has 2 N–H and O–H groups in total. The monoisotopic (exact) mass is 504 g/mol. The van der Waals surface area contributed by atoms with Crippen molar-refractivity contribution in [1.82, 2.24) is 14.9 Å². The average Bonchev–Trinajstić information content (AvgIpc) is 2.78. The van der Waals surface area contributed by atoms with Crippen molar-refractivity contribution in [1.29, 1.82) is 0 Å². The molecule has 11 nitrogen and oxygen atoms in total. The lowest BCUT2D eigenvalue weighted by Gasteiger charge is -2.23. The first-order chi connectivity index (χ1) is 16.3. The first-order valence-electron chi connectivity index (χ1n) is 10.6. The summed E-state index contributed by atoms with van der Waals surface area (Å²) in [5.74, 6) is 0.893. The van der Waals surface area contributed by atoms with Gasteiger partial charge in [-0.3, -0.25) is 9.10 Å². The highest BCUT2D eigenvalue weighted by Gasteiger charge is 2.25. The van der Waals surface area contributed by atoms with E-state index in [2.05, 4.69) is 10.2 Å². The Labute approximate surface area is 203 Å². The van der Waals surface area contributed by atoms with Gasteiger partial charge in [-0.1, -0.05) is 12.1 Å². The van der Waals surface area contributed by atoms with Gasteiger partial charge in [0, 0.05) is 18.9 Å². The number of nitrogens with zero attached hydrogens (tertiary/aromatic N) is 2. The number of nitrogens with one attached hydrogen (secondary N) is 2. The zero-order chi connectivity index (χ0) is 26.0. The number of amides is 1. The summed E-state index contributed by atoms with van der Waals surface area (Å²) in [6.07, 6.45) is -0.709. The number of ether oxygens (including phenoxy) is 3. The second-order valence-electron chi connectivity index (χ2n) is 8.67. The van der Waals surface area contributed by atoms with Crippen LogP contribution in [-0.2, 0) is 21.4 Å². The molecule has 0 aliphatic heterocycles. The molecule has 0 saturated carbocycles. The van der Waals surface area contributed by atoms with Crippen molar-refractivity contribution in [3.63, 3.8) is 0 Å². The Morgan fingerprint density at radius 3 is 2.17 bits per heavy atom. The largest absolute Gasteiger partial charge is 0.493 e. The van der Waals surface area contributed by atoms with E-state index in [9.17, 15) is 18.0 Å². The number of anilines is 1. The molecule has 0 fully saturated rings. The van der Waals surface area contributed by atoms with Gasteiger partial charge in [0.1, 0.15) is 5.60 Å². The fourth-order valence-corrected chi connectivity index (χ4v) is 4.10. The van der Waals surface area contributed by atoms with Crippen LogP contribution in [0.1, 0.15) is 32.0 Å². The van der Waals surface area contributed by atoms with Crippen molar-refractivity contribution in [3.05, 3.63) is 58.0 Å². The van der Waals surface area contributed by atoms with Crippen molar-refractivity contribution in [2.45, 2.75) is 32.8 Å². The number of carbonyl (C=O) groups is 1. The predicted octanol–water partition coefficient (Wildman–Crippen LogP) is 2.74. The maximum Gasteiger partial charge on any atom is 0.422 e. The number of methoxy groups -OCH3 is 2. The summed E-state index contributed by atoms with van der Waals surface area (Å²) in [6, 6.07) is 9.95. The fourth-order valence-electron chi connectivity index (χ4n) is 3.31. The minimum atomic E-state index is -4.17. The van der Waals surface area contributed by atoms with Gasteiger partial charge in [-0.15, -0.1) is 0 Å². The van der Waals surface area contributed by atoms with Crippen molar-refractivity contribution in [3.8, 4) is 11.5 Å². The Balaban J connectivity index is 1.84. The van der Waals surface area contributed by atoms with Gasteiger partial charge in [0.2, 0.25) is 0 Å².